The zero-order valence-electron chi connectivity index (χ0n) is 19.3. The first-order chi connectivity index (χ1) is 15.6. The van der Waals surface area contributed by atoms with E-state index < -0.39 is 22.0 Å². The number of anilines is 2. The molecule has 2 aliphatic rings. The van der Waals surface area contributed by atoms with Crippen LogP contribution in [0.15, 0.2) is 35.2 Å². The summed E-state index contributed by atoms with van der Waals surface area (Å²) in [5, 5.41) is 5.67. The van der Waals surface area contributed by atoms with Crippen LogP contribution in [0.4, 0.5) is 11.4 Å². The first kappa shape index (κ1) is 23.3. The lowest BCUT2D eigenvalue weighted by atomic mass is 9.98. The molecule has 2 unspecified atom stereocenters. The summed E-state index contributed by atoms with van der Waals surface area (Å²) in [6.45, 7) is 7.74. The van der Waals surface area contributed by atoms with Crippen molar-refractivity contribution in [3.05, 3.63) is 47.0 Å². The summed E-state index contributed by atoms with van der Waals surface area (Å²) in [5.74, 6) is -0.567. The average molecular weight is 472 g/mol. The van der Waals surface area contributed by atoms with Crippen LogP contribution in [0, 0.1) is 26.7 Å². The maximum absolute atomic E-state index is 13.5. The Kier molecular flexibility index (Phi) is 6.20. The van der Waals surface area contributed by atoms with Crippen LogP contribution >= 0.6 is 0 Å². The number of hydrogen-bond acceptors (Lipinski definition) is 5. The topological polar surface area (TPSA) is 105 Å². The number of carbonyl (C=O) groups excluding carboxylic acids is 2. The quantitative estimate of drug-likeness (QED) is 0.711. The normalized spacial score (nSPS) is 21.0. The van der Waals surface area contributed by atoms with E-state index in [-0.39, 0.29) is 23.3 Å². The van der Waals surface area contributed by atoms with E-state index in [4.69, 9.17) is 4.74 Å². The summed E-state index contributed by atoms with van der Waals surface area (Å²) >= 11 is 0. The van der Waals surface area contributed by atoms with E-state index in [1.54, 1.807) is 19.9 Å². The van der Waals surface area contributed by atoms with Gasteiger partial charge >= 0.3 is 0 Å². The van der Waals surface area contributed by atoms with E-state index >= 15 is 0 Å². The number of amides is 2. The Labute approximate surface area is 194 Å². The molecule has 176 valence electrons. The van der Waals surface area contributed by atoms with Crippen LogP contribution < -0.4 is 15.4 Å². The largest absolute Gasteiger partial charge is 0.479 e. The van der Waals surface area contributed by atoms with Crippen molar-refractivity contribution in [2.24, 2.45) is 5.92 Å². The van der Waals surface area contributed by atoms with Crippen molar-refractivity contribution < 1.29 is 22.7 Å². The molecule has 2 aromatic carbocycles. The maximum Gasteiger partial charge on any atom is 0.265 e. The number of aryl methyl sites for hydroxylation is 3. The van der Waals surface area contributed by atoms with Gasteiger partial charge in [-0.15, -0.1) is 0 Å². The van der Waals surface area contributed by atoms with E-state index in [0.29, 0.717) is 42.1 Å². The lowest BCUT2D eigenvalue weighted by Gasteiger charge is -2.32. The Morgan fingerprint density at radius 1 is 1.12 bits per heavy atom. The molecule has 1 saturated heterocycles. The molecule has 0 radical (unpaired) electrons. The van der Waals surface area contributed by atoms with Gasteiger partial charge in [0.05, 0.1) is 16.5 Å². The predicted molar refractivity (Wildman–Crippen MR) is 126 cm³/mol. The molecule has 0 aromatic heterocycles. The fraction of sp³-hybridized carbons (Fsp3) is 0.417. The van der Waals surface area contributed by atoms with Crippen molar-refractivity contribution in [1.29, 1.82) is 0 Å². The van der Waals surface area contributed by atoms with Gasteiger partial charge in [0.25, 0.3) is 5.91 Å². The van der Waals surface area contributed by atoms with Crippen LogP contribution in [0.5, 0.6) is 5.75 Å². The standard InChI is InChI=1S/C24H29N3O5S/c1-14-7-8-19(10-15(14)2)25-24(29)18-6-5-9-27(13-18)33(30,31)22-12-21-20(11-16(22)3)26-23(28)17(4)32-21/h7-8,10-12,17-18H,5-6,9,13H2,1-4H3,(H,25,29)(H,26,28). The highest BCUT2D eigenvalue weighted by Gasteiger charge is 2.35. The smallest absolute Gasteiger partial charge is 0.265 e. The van der Waals surface area contributed by atoms with Crippen molar-refractivity contribution in [3.63, 3.8) is 0 Å². The number of sulfonamides is 1. The van der Waals surface area contributed by atoms with Crippen molar-refractivity contribution in [2.45, 2.75) is 51.5 Å². The molecule has 0 aliphatic carbocycles. The number of rotatable bonds is 4. The van der Waals surface area contributed by atoms with E-state index in [1.807, 2.05) is 32.0 Å². The second-order valence-electron chi connectivity index (χ2n) is 8.85. The monoisotopic (exact) mass is 471 g/mol. The van der Waals surface area contributed by atoms with E-state index in [1.165, 1.54) is 10.4 Å². The number of benzene rings is 2. The van der Waals surface area contributed by atoms with Crippen LogP contribution in [-0.4, -0.2) is 43.7 Å². The van der Waals surface area contributed by atoms with Gasteiger partial charge in [-0.1, -0.05) is 6.07 Å². The minimum absolute atomic E-state index is 0.115. The summed E-state index contributed by atoms with van der Waals surface area (Å²) in [4.78, 5) is 24.9. The van der Waals surface area contributed by atoms with Crippen molar-refractivity contribution >= 4 is 33.2 Å². The van der Waals surface area contributed by atoms with Crippen LogP contribution in [0.3, 0.4) is 0 Å². The van der Waals surface area contributed by atoms with Crippen LogP contribution in [0.25, 0.3) is 0 Å². The van der Waals surface area contributed by atoms with Gasteiger partial charge < -0.3 is 15.4 Å². The minimum Gasteiger partial charge on any atom is -0.479 e. The Balaban J connectivity index is 1.54. The fourth-order valence-corrected chi connectivity index (χ4v) is 5.94. The van der Waals surface area contributed by atoms with Crippen LogP contribution in [0.2, 0.25) is 0 Å². The molecule has 0 saturated carbocycles. The SMILES string of the molecule is Cc1ccc(NC(=O)C2CCCN(S(=O)(=O)c3cc4c(cc3C)NC(=O)C(C)O4)C2)cc1C. The molecule has 1 fully saturated rings. The molecule has 2 aromatic rings. The van der Waals surface area contributed by atoms with Crippen molar-refractivity contribution in [2.75, 3.05) is 23.7 Å². The van der Waals surface area contributed by atoms with Crippen LogP contribution in [-0.2, 0) is 19.6 Å². The lowest BCUT2D eigenvalue weighted by molar-refractivity contribution is -0.123. The molecule has 0 bridgehead atoms. The number of piperidine rings is 1. The summed E-state index contributed by atoms with van der Waals surface area (Å²) in [7, 11) is -3.85. The second kappa shape index (κ2) is 8.79. The Hall–Kier alpha value is -2.91. The minimum atomic E-state index is -3.85. The Morgan fingerprint density at radius 2 is 1.88 bits per heavy atom. The predicted octanol–water partition coefficient (Wildman–Crippen LogP) is 3.37. The number of carbonyl (C=O) groups is 2. The van der Waals surface area contributed by atoms with E-state index in [9.17, 15) is 18.0 Å². The van der Waals surface area contributed by atoms with Gasteiger partial charge in [-0.05, 0) is 75.4 Å². The number of fused-ring (bicyclic) bond motifs is 1. The molecule has 2 aliphatic heterocycles. The molecule has 33 heavy (non-hydrogen) atoms. The van der Waals surface area contributed by atoms with Gasteiger partial charge in [-0.2, -0.15) is 4.31 Å². The third-order valence-electron chi connectivity index (χ3n) is 6.36. The molecular formula is C24H29N3O5S. The maximum atomic E-state index is 13.5. The third-order valence-corrected chi connectivity index (χ3v) is 8.36. The van der Waals surface area contributed by atoms with Gasteiger partial charge in [-0.25, -0.2) is 8.42 Å². The van der Waals surface area contributed by atoms with Gasteiger partial charge in [0.1, 0.15) is 5.75 Å². The second-order valence-corrected chi connectivity index (χ2v) is 10.8. The van der Waals surface area contributed by atoms with E-state index in [0.717, 1.165) is 11.1 Å². The van der Waals surface area contributed by atoms with Crippen molar-refractivity contribution in [3.8, 4) is 5.75 Å². The summed E-state index contributed by atoms with van der Waals surface area (Å²) in [6, 6.07) is 8.80. The third kappa shape index (κ3) is 4.60. The molecule has 2 N–H and O–H groups in total. The molecule has 2 amide bonds. The first-order valence-corrected chi connectivity index (χ1v) is 12.5. The Bertz CT molecular complexity index is 1220. The number of nitrogens with zero attached hydrogens (tertiary/aromatic N) is 1. The van der Waals surface area contributed by atoms with Gasteiger partial charge in [-0.3, -0.25) is 9.59 Å². The number of ether oxygens (including phenoxy) is 1. The summed E-state index contributed by atoms with van der Waals surface area (Å²) < 4.78 is 34.0. The highest BCUT2D eigenvalue weighted by atomic mass is 32.2. The molecule has 2 atom stereocenters. The zero-order valence-corrected chi connectivity index (χ0v) is 20.1. The summed E-state index contributed by atoms with van der Waals surface area (Å²) in [5.41, 5.74) is 3.90. The first-order valence-electron chi connectivity index (χ1n) is 11.1. The highest BCUT2D eigenvalue weighted by molar-refractivity contribution is 7.89. The molecule has 2 heterocycles. The molecule has 9 heteroatoms. The van der Waals surface area contributed by atoms with Gasteiger partial charge in [0, 0.05) is 24.8 Å². The van der Waals surface area contributed by atoms with Gasteiger partial charge in [0.15, 0.2) is 6.10 Å². The van der Waals surface area contributed by atoms with E-state index in [2.05, 4.69) is 10.6 Å². The Morgan fingerprint density at radius 3 is 2.61 bits per heavy atom. The van der Waals surface area contributed by atoms with Gasteiger partial charge in [0.2, 0.25) is 15.9 Å². The average Bonchev–Trinajstić information content (AvgIpc) is 2.77. The molecule has 8 nitrogen and oxygen atoms in total. The summed E-state index contributed by atoms with van der Waals surface area (Å²) in [6.07, 6.45) is 0.514. The molecule has 4 rings (SSSR count). The fourth-order valence-electron chi connectivity index (χ4n) is 4.20. The molecule has 0 spiro atoms. The number of nitrogens with one attached hydrogen (secondary N) is 2. The number of hydrogen-bond donors (Lipinski definition) is 2. The highest BCUT2D eigenvalue weighted by Crippen LogP contribution is 2.36. The van der Waals surface area contributed by atoms with Crippen molar-refractivity contribution in [1.82, 2.24) is 4.31 Å². The molecular weight excluding hydrogens is 442 g/mol. The zero-order chi connectivity index (χ0) is 23.9. The lowest BCUT2D eigenvalue weighted by Crippen LogP contribution is -2.44. The van der Waals surface area contributed by atoms with Crippen LogP contribution in [0.1, 0.15) is 36.5 Å².